The molecule has 0 aromatic heterocycles. The number of likely N-dealkylation sites (N-methyl/N-ethyl adjacent to an activating group) is 1. The van der Waals surface area contributed by atoms with Gasteiger partial charge < -0.3 is 15.2 Å². The summed E-state index contributed by atoms with van der Waals surface area (Å²) in [5.74, 6) is -0.879. The predicted octanol–water partition coefficient (Wildman–Crippen LogP) is -0.305. The van der Waals surface area contributed by atoms with Gasteiger partial charge in [0.15, 0.2) is 0 Å². The van der Waals surface area contributed by atoms with E-state index in [2.05, 4.69) is 5.32 Å². The van der Waals surface area contributed by atoms with Crippen molar-refractivity contribution in [2.45, 2.75) is 13.0 Å². The molecule has 0 aliphatic heterocycles. The average Bonchev–Trinajstić information content (AvgIpc) is 1.89. The molecule has 0 amide bonds. The van der Waals surface area contributed by atoms with Crippen molar-refractivity contribution in [1.29, 1.82) is 0 Å². The van der Waals surface area contributed by atoms with Crippen molar-refractivity contribution in [2.24, 2.45) is 0 Å². The molecule has 0 rings (SSSR count). The van der Waals surface area contributed by atoms with Gasteiger partial charge in [0.1, 0.15) is 6.04 Å². The molecule has 1 atom stereocenters. The lowest BCUT2D eigenvalue weighted by atomic mass is 10.3. The Labute approximate surface area is 60.2 Å². The van der Waals surface area contributed by atoms with E-state index < -0.39 is 12.0 Å². The number of carboxylic acid groups (broad SMARTS) is 1. The zero-order valence-corrected chi connectivity index (χ0v) is 6.26. The van der Waals surface area contributed by atoms with Crippen molar-refractivity contribution in [1.82, 2.24) is 5.32 Å². The number of rotatable bonds is 5. The van der Waals surface area contributed by atoms with Crippen molar-refractivity contribution >= 4 is 5.97 Å². The van der Waals surface area contributed by atoms with Gasteiger partial charge in [-0.2, -0.15) is 0 Å². The zero-order valence-electron chi connectivity index (χ0n) is 6.26. The van der Waals surface area contributed by atoms with E-state index in [1.54, 1.807) is 7.05 Å². The van der Waals surface area contributed by atoms with E-state index >= 15 is 0 Å². The van der Waals surface area contributed by atoms with E-state index in [9.17, 15) is 4.79 Å². The summed E-state index contributed by atoms with van der Waals surface area (Å²) in [6.45, 7) is 2.60. The lowest BCUT2D eigenvalue weighted by Gasteiger charge is -2.09. The summed E-state index contributed by atoms with van der Waals surface area (Å²) in [4.78, 5) is 10.3. The number of carboxylic acids is 1. The Morgan fingerprint density at radius 2 is 2.40 bits per heavy atom. The second kappa shape index (κ2) is 5.20. The molecule has 10 heavy (non-hydrogen) atoms. The summed E-state index contributed by atoms with van der Waals surface area (Å²) in [5, 5.41) is 11.1. The van der Waals surface area contributed by atoms with Crippen LogP contribution in [0, 0.1) is 0 Å². The Hall–Kier alpha value is -0.610. The summed E-state index contributed by atoms with van der Waals surface area (Å²) in [5.41, 5.74) is 0. The zero-order chi connectivity index (χ0) is 7.98. The number of ether oxygens (including phenoxy) is 1. The third-order valence-electron chi connectivity index (χ3n) is 1.14. The fourth-order valence-corrected chi connectivity index (χ4v) is 0.514. The fraction of sp³-hybridized carbons (Fsp3) is 0.833. The van der Waals surface area contributed by atoms with E-state index in [4.69, 9.17) is 9.84 Å². The van der Waals surface area contributed by atoms with Gasteiger partial charge >= 0.3 is 5.97 Å². The molecule has 60 valence electrons. The van der Waals surface area contributed by atoms with Crippen LogP contribution in [0.25, 0.3) is 0 Å². The molecule has 0 aliphatic rings. The maximum absolute atomic E-state index is 10.3. The van der Waals surface area contributed by atoms with Gasteiger partial charge in [-0.25, -0.2) is 0 Å². The predicted molar refractivity (Wildman–Crippen MR) is 37.0 cm³/mol. The number of hydrogen-bond donors (Lipinski definition) is 2. The summed E-state index contributed by atoms with van der Waals surface area (Å²) in [7, 11) is 1.60. The largest absolute Gasteiger partial charge is 0.480 e. The second-order valence-corrected chi connectivity index (χ2v) is 1.84. The van der Waals surface area contributed by atoms with Crippen molar-refractivity contribution in [3.05, 3.63) is 0 Å². The molecule has 0 bridgehead atoms. The van der Waals surface area contributed by atoms with Gasteiger partial charge in [-0.1, -0.05) is 0 Å². The van der Waals surface area contributed by atoms with E-state index in [0.29, 0.717) is 6.61 Å². The van der Waals surface area contributed by atoms with Gasteiger partial charge in [0.05, 0.1) is 6.61 Å². The first kappa shape index (κ1) is 9.39. The summed E-state index contributed by atoms with van der Waals surface area (Å²) in [6.07, 6.45) is 0. The maximum Gasteiger partial charge on any atom is 0.323 e. The molecule has 4 heteroatoms. The minimum atomic E-state index is -0.879. The Balaban J connectivity index is 3.50. The van der Waals surface area contributed by atoms with Gasteiger partial charge in [0, 0.05) is 6.61 Å². The first-order chi connectivity index (χ1) is 4.72. The van der Waals surface area contributed by atoms with Crippen LogP contribution in [-0.2, 0) is 9.53 Å². The molecular formula is C6H13NO3. The molecule has 0 saturated heterocycles. The molecule has 0 heterocycles. The van der Waals surface area contributed by atoms with Crippen molar-refractivity contribution in [2.75, 3.05) is 20.3 Å². The molecule has 4 nitrogen and oxygen atoms in total. The first-order valence-electron chi connectivity index (χ1n) is 3.20. The molecule has 0 aromatic carbocycles. The molecule has 0 spiro atoms. The average molecular weight is 147 g/mol. The molecule has 2 N–H and O–H groups in total. The maximum atomic E-state index is 10.3. The van der Waals surface area contributed by atoms with Crippen LogP contribution < -0.4 is 5.32 Å². The van der Waals surface area contributed by atoms with Gasteiger partial charge in [0.25, 0.3) is 0 Å². The first-order valence-corrected chi connectivity index (χ1v) is 3.20. The molecular weight excluding hydrogens is 134 g/mol. The minimum absolute atomic E-state index is 0.225. The van der Waals surface area contributed by atoms with Gasteiger partial charge in [0.2, 0.25) is 0 Å². The van der Waals surface area contributed by atoms with Crippen LogP contribution in [0.15, 0.2) is 0 Å². The van der Waals surface area contributed by atoms with Crippen LogP contribution in [0.1, 0.15) is 6.92 Å². The number of aliphatic carboxylic acids is 1. The standard InChI is InChI=1S/C6H13NO3/c1-3-10-4-5(7-2)6(8)9/h5,7H,3-4H2,1-2H3,(H,8,9)/t5-/m1/s1. The van der Waals surface area contributed by atoms with Gasteiger partial charge in [-0.15, -0.1) is 0 Å². The highest BCUT2D eigenvalue weighted by Crippen LogP contribution is 1.84. The smallest absolute Gasteiger partial charge is 0.323 e. The molecule has 0 saturated carbocycles. The number of carbonyl (C=O) groups is 1. The van der Waals surface area contributed by atoms with Crippen LogP contribution in [0.2, 0.25) is 0 Å². The topological polar surface area (TPSA) is 58.6 Å². The van der Waals surface area contributed by atoms with Crippen LogP contribution in [0.4, 0.5) is 0 Å². The Bertz CT molecular complexity index is 105. The highest BCUT2D eigenvalue weighted by Gasteiger charge is 2.13. The normalized spacial score (nSPS) is 13.0. The molecule has 0 unspecified atom stereocenters. The third-order valence-corrected chi connectivity index (χ3v) is 1.14. The minimum Gasteiger partial charge on any atom is -0.480 e. The molecule has 0 aliphatic carbocycles. The number of nitrogens with one attached hydrogen (secondary N) is 1. The highest BCUT2D eigenvalue weighted by molar-refractivity contribution is 5.73. The second-order valence-electron chi connectivity index (χ2n) is 1.84. The molecule has 0 fully saturated rings. The Morgan fingerprint density at radius 1 is 1.80 bits per heavy atom. The molecule has 0 radical (unpaired) electrons. The SMILES string of the molecule is CCOC[C@@H](NC)C(=O)O. The fourth-order valence-electron chi connectivity index (χ4n) is 0.514. The van der Waals surface area contributed by atoms with Crippen LogP contribution >= 0.6 is 0 Å². The Morgan fingerprint density at radius 3 is 2.70 bits per heavy atom. The van der Waals surface area contributed by atoms with Crippen LogP contribution in [0.5, 0.6) is 0 Å². The molecule has 0 aromatic rings. The number of hydrogen-bond acceptors (Lipinski definition) is 3. The van der Waals surface area contributed by atoms with Crippen molar-refractivity contribution < 1.29 is 14.6 Å². The summed E-state index contributed by atoms with van der Waals surface area (Å²) < 4.78 is 4.90. The highest BCUT2D eigenvalue weighted by atomic mass is 16.5. The van der Waals surface area contributed by atoms with E-state index in [-0.39, 0.29) is 6.61 Å². The van der Waals surface area contributed by atoms with Crippen molar-refractivity contribution in [3.8, 4) is 0 Å². The van der Waals surface area contributed by atoms with Crippen molar-refractivity contribution in [3.63, 3.8) is 0 Å². The van der Waals surface area contributed by atoms with Gasteiger partial charge in [-0.3, -0.25) is 4.79 Å². The van der Waals surface area contributed by atoms with E-state index in [0.717, 1.165) is 0 Å². The van der Waals surface area contributed by atoms with Gasteiger partial charge in [-0.05, 0) is 14.0 Å². The van der Waals surface area contributed by atoms with E-state index in [1.807, 2.05) is 6.92 Å². The third kappa shape index (κ3) is 3.42. The van der Waals surface area contributed by atoms with Crippen LogP contribution in [-0.4, -0.2) is 37.4 Å². The monoisotopic (exact) mass is 147 g/mol. The van der Waals surface area contributed by atoms with E-state index in [1.165, 1.54) is 0 Å². The lowest BCUT2D eigenvalue weighted by Crippen LogP contribution is -2.38. The lowest BCUT2D eigenvalue weighted by molar-refractivity contribution is -0.140. The quantitative estimate of drug-likeness (QED) is 0.560. The summed E-state index contributed by atoms with van der Waals surface area (Å²) >= 11 is 0. The van der Waals surface area contributed by atoms with Crippen LogP contribution in [0.3, 0.4) is 0 Å². The summed E-state index contributed by atoms with van der Waals surface area (Å²) in [6, 6.07) is -0.583. The Kier molecular flexibility index (Phi) is 4.88.